The fourth-order valence-electron chi connectivity index (χ4n) is 3.37. The highest BCUT2D eigenvalue weighted by Crippen LogP contribution is 2.23. The molecule has 3 rings (SSSR count). The highest BCUT2D eigenvalue weighted by atomic mass is 32.2. The van der Waals surface area contributed by atoms with E-state index in [1.54, 1.807) is 13.8 Å². The molecule has 1 unspecified atom stereocenters. The average Bonchev–Trinajstić information content (AvgIpc) is 2.78. The number of ether oxygens (including phenoxy) is 3. The lowest BCUT2D eigenvalue weighted by atomic mass is 10.0. The first-order valence-corrected chi connectivity index (χ1v) is 11.6. The van der Waals surface area contributed by atoms with Crippen LogP contribution in [0.5, 0.6) is 0 Å². The van der Waals surface area contributed by atoms with Gasteiger partial charge >= 0.3 is 18.0 Å². The van der Waals surface area contributed by atoms with Gasteiger partial charge in [-0.2, -0.15) is 4.31 Å². The van der Waals surface area contributed by atoms with Gasteiger partial charge in [0.1, 0.15) is 17.3 Å². The quantitative estimate of drug-likeness (QED) is 0.533. The first-order chi connectivity index (χ1) is 15.6. The number of carbonyl (C=O) groups excluding carboxylic acids is 3. The number of nitrogens with one attached hydrogen (secondary N) is 2. The summed E-state index contributed by atoms with van der Waals surface area (Å²) in [4.78, 5) is 36.0. The Morgan fingerprint density at radius 3 is 2.58 bits per heavy atom. The van der Waals surface area contributed by atoms with Gasteiger partial charge in [0.25, 0.3) is 0 Å². The molecule has 0 spiro atoms. The zero-order chi connectivity index (χ0) is 24.2. The summed E-state index contributed by atoms with van der Waals surface area (Å²) in [6, 6.07) is 1.55. The van der Waals surface area contributed by atoms with Crippen LogP contribution in [-0.2, 0) is 29.0 Å². The summed E-state index contributed by atoms with van der Waals surface area (Å²) >= 11 is 0. The molecular weight excluding hydrogens is 461 g/mol. The van der Waals surface area contributed by atoms with Crippen LogP contribution in [0.3, 0.4) is 0 Å². The van der Waals surface area contributed by atoms with E-state index in [1.807, 2.05) is 0 Å². The predicted octanol–water partition coefficient (Wildman–Crippen LogP) is 0.522. The van der Waals surface area contributed by atoms with E-state index in [0.717, 1.165) is 22.5 Å². The van der Waals surface area contributed by atoms with Gasteiger partial charge in [-0.3, -0.25) is 0 Å². The van der Waals surface area contributed by atoms with Gasteiger partial charge in [0.2, 0.25) is 10.0 Å². The van der Waals surface area contributed by atoms with Crippen LogP contribution in [0.2, 0.25) is 0 Å². The molecule has 1 aromatic rings. The molecule has 2 heterocycles. The van der Waals surface area contributed by atoms with Gasteiger partial charge in [0, 0.05) is 13.1 Å². The number of esters is 2. The monoisotopic (exact) mass is 485 g/mol. The van der Waals surface area contributed by atoms with E-state index in [1.165, 1.54) is 0 Å². The second-order valence-electron chi connectivity index (χ2n) is 7.17. The smallest absolute Gasteiger partial charge is 0.338 e. The SMILES string of the molecule is CCOC(=O)C1=C(COC(=O)c2ccc(F)c(S(=O)(=O)N3CCOCC3)c2)NC(=O)NC1C. The zero-order valence-corrected chi connectivity index (χ0v) is 18.9. The molecule has 0 bridgehead atoms. The number of rotatable bonds is 7. The molecule has 1 fully saturated rings. The number of amides is 2. The van der Waals surface area contributed by atoms with Crippen molar-refractivity contribution >= 4 is 28.0 Å². The Labute approximate surface area is 189 Å². The van der Waals surface area contributed by atoms with Crippen LogP contribution in [0.25, 0.3) is 0 Å². The number of benzene rings is 1. The molecule has 2 aliphatic rings. The Kier molecular flexibility index (Phi) is 7.66. The van der Waals surface area contributed by atoms with E-state index in [4.69, 9.17) is 14.2 Å². The number of sulfonamides is 1. The number of nitrogens with zero attached hydrogens (tertiary/aromatic N) is 1. The van der Waals surface area contributed by atoms with Crippen molar-refractivity contribution in [1.29, 1.82) is 0 Å². The van der Waals surface area contributed by atoms with Crippen LogP contribution < -0.4 is 10.6 Å². The van der Waals surface area contributed by atoms with Crippen LogP contribution >= 0.6 is 0 Å². The third kappa shape index (κ3) is 5.49. The Hall–Kier alpha value is -3.03. The number of hydrogen-bond donors (Lipinski definition) is 2. The molecule has 1 saturated heterocycles. The summed E-state index contributed by atoms with van der Waals surface area (Å²) in [5, 5.41) is 4.92. The van der Waals surface area contributed by atoms with Crippen molar-refractivity contribution in [3.63, 3.8) is 0 Å². The zero-order valence-electron chi connectivity index (χ0n) is 18.1. The van der Waals surface area contributed by atoms with Gasteiger partial charge in [-0.25, -0.2) is 27.2 Å². The summed E-state index contributed by atoms with van der Waals surface area (Å²) in [6.45, 7) is 3.28. The van der Waals surface area contributed by atoms with Crippen LogP contribution in [0.4, 0.5) is 9.18 Å². The maximum Gasteiger partial charge on any atom is 0.338 e. The summed E-state index contributed by atoms with van der Waals surface area (Å²) < 4.78 is 56.3. The first-order valence-electron chi connectivity index (χ1n) is 10.2. The normalized spacial score (nSPS) is 19.5. The van der Waals surface area contributed by atoms with E-state index >= 15 is 0 Å². The molecule has 1 aromatic carbocycles. The Morgan fingerprint density at radius 2 is 1.91 bits per heavy atom. The molecule has 11 nitrogen and oxygen atoms in total. The average molecular weight is 485 g/mol. The molecule has 2 aliphatic heterocycles. The molecule has 0 aliphatic carbocycles. The van der Waals surface area contributed by atoms with Crippen molar-refractivity contribution in [3.8, 4) is 0 Å². The van der Waals surface area contributed by atoms with Crippen LogP contribution in [0.15, 0.2) is 34.4 Å². The molecule has 33 heavy (non-hydrogen) atoms. The second kappa shape index (κ2) is 10.3. The predicted molar refractivity (Wildman–Crippen MR) is 111 cm³/mol. The minimum Gasteiger partial charge on any atom is -0.463 e. The molecule has 0 saturated carbocycles. The number of halogens is 1. The summed E-state index contributed by atoms with van der Waals surface area (Å²) in [5.74, 6) is -2.67. The molecule has 0 radical (unpaired) electrons. The third-order valence-electron chi connectivity index (χ3n) is 4.97. The molecule has 0 aromatic heterocycles. The Bertz CT molecular complexity index is 1080. The van der Waals surface area contributed by atoms with Crippen LogP contribution in [0.1, 0.15) is 24.2 Å². The molecule has 13 heteroatoms. The van der Waals surface area contributed by atoms with Crippen molar-refractivity contribution in [2.45, 2.75) is 24.8 Å². The summed E-state index contributed by atoms with van der Waals surface area (Å²) in [7, 11) is -4.19. The molecular formula is C20H24FN3O8S. The van der Waals surface area contributed by atoms with Crippen molar-refractivity contribution in [2.24, 2.45) is 0 Å². The lowest BCUT2D eigenvalue weighted by molar-refractivity contribution is -0.139. The lowest BCUT2D eigenvalue weighted by Gasteiger charge is -2.26. The van der Waals surface area contributed by atoms with E-state index in [9.17, 15) is 27.2 Å². The Balaban J connectivity index is 1.81. The van der Waals surface area contributed by atoms with Gasteiger partial charge in [0.05, 0.1) is 42.7 Å². The van der Waals surface area contributed by atoms with E-state index in [2.05, 4.69) is 10.6 Å². The first kappa shape index (κ1) is 24.6. The highest BCUT2D eigenvalue weighted by Gasteiger charge is 2.32. The Morgan fingerprint density at radius 1 is 1.21 bits per heavy atom. The van der Waals surface area contributed by atoms with Gasteiger partial charge in [0.15, 0.2) is 0 Å². The summed E-state index contributed by atoms with van der Waals surface area (Å²) in [6.07, 6.45) is 0. The highest BCUT2D eigenvalue weighted by molar-refractivity contribution is 7.89. The van der Waals surface area contributed by atoms with E-state index < -0.39 is 51.4 Å². The van der Waals surface area contributed by atoms with Crippen molar-refractivity contribution in [1.82, 2.24) is 14.9 Å². The van der Waals surface area contributed by atoms with E-state index in [0.29, 0.717) is 0 Å². The van der Waals surface area contributed by atoms with Gasteiger partial charge in [-0.1, -0.05) is 0 Å². The minimum atomic E-state index is -4.19. The maximum atomic E-state index is 14.4. The van der Waals surface area contributed by atoms with E-state index in [-0.39, 0.29) is 49.7 Å². The number of carbonyl (C=O) groups is 3. The van der Waals surface area contributed by atoms with Crippen molar-refractivity contribution in [2.75, 3.05) is 39.5 Å². The summed E-state index contributed by atoms with van der Waals surface area (Å²) in [5.41, 5.74) is -0.102. The van der Waals surface area contributed by atoms with Crippen LogP contribution in [0, 0.1) is 5.82 Å². The second-order valence-corrected chi connectivity index (χ2v) is 9.08. The van der Waals surface area contributed by atoms with Gasteiger partial charge < -0.3 is 24.8 Å². The molecule has 180 valence electrons. The molecule has 2 N–H and O–H groups in total. The van der Waals surface area contributed by atoms with Crippen LogP contribution in [-0.4, -0.2) is 76.3 Å². The molecule has 2 amide bonds. The van der Waals surface area contributed by atoms with Gasteiger partial charge in [-0.15, -0.1) is 0 Å². The van der Waals surface area contributed by atoms with Crippen molar-refractivity contribution in [3.05, 3.63) is 40.8 Å². The fourth-order valence-corrected chi connectivity index (χ4v) is 4.87. The fraction of sp³-hybridized carbons (Fsp3) is 0.450. The lowest BCUT2D eigenvalue weighted by Crippen LogP contribution is -2.50. The minimum absolute atomic E-state index is 0.0290. The maximum absolute atomic E-state index is 14.4. The van der Waals surface area contributed by atoms with Crippen molar-refractivity contribution < 1.29 is 41.4 Å². The number of morpholine rings is 1. The topological polar surface area (TPSA) is 140 Å². The van der Waals surface area contributed by atoms with Gasteiger partial charge in [-0.05, 0) is 32.0 Å². The third-order valence-corrected chi connectivity index (χ3v) is 6.88. The number of urea groups is 1. The molecule has 1 atom stereocenters. The standard InChI is InChI=1S/C20H24FN3O8S/c1-3-31-19(26)17-12(2)22-20(27)23-15(17)11-32-18(25)13-4-5-14(21)16(10-13)33(28,29)24-6-8-30-9-7-24/h4-5,10,12H,3,6-9,11H2,1-2H3,(H2,22,23,27). The largest absolute Gasteiger partial charge is 0.463 e. The number of hydrogen-bond acceptors (Lipinski definition) is 8.